The first-order valence-electron chi connectivity index (χ1n) is 7.56. The summed E-state index contributed by atoms with van der Waals surface area (Å²) < 4.78 is 30.5. The molecule has 1 saturated heterocycles. The van der Waals surface area contributed by atoms with Crippen LogP contribution in [0.1, 0.15) is 12.8 Å². The van der Waals surface area contributed by atoms with E-state index >= 15 is 0 Å². The second kappa shape index (κ2) is 8.49. The Balaban J connectivity index is 1.92. The number of halogens is 2. The summed E-state index contributed by atoms with van der Waals surface area (Å²) in [6, 6.07) is 4.85. The number of hydrogen-bond donors (Lipinski definition) is 1. The molecule has 1 aromatic rings. The number of nitrogens with zero attached hydrogens (tertiary/aromatic N) is 1. The molecule has 1 heterocycles. The molecule has 1 aromatic carbocycles. The van der Waals surface area contributed by atoms with E-state index < -0.39 is 10.0 Å². The van der Waals surface area contributed by atoms with Crippen molar-refractivity contribution in [2.24, 2.45) is 5.92 Å². The smallest absolute Gasteiger partial charge is 0.227 e. The van der Waals surface area contributed by atoms with Crippen molar-refractivity contribution in [3.05, 3.63) is 28.2 Å². The molecule has 6 nitrogen and oxygen atoms in total. The molecule has 9 heteroatoms. The van der Waals surface area contributed by atoms with Crippen LogP contribution in [-0.2, 0) is 19.6 Å². The third kappa shape index (κ3) is 5.07. The molecule has 0 unspecified atom stereocenters. The van der Waals surface area contributed by atoms with Crippen molar-refractivity contribution in [3.8, 4) is 0 Å². The van der Waals surface area contributed by atoms with E-state index in [1.54, 1.807) is 18.2 Å². The van der Waals surface area contributed by atoms with Gasteiger partial charge in [0.15, 0.2) is 0 Å². The Bertz CT molecular complexity index is 689. The lowest BCUT2D eigenvalue weighted by molar-refractivity contribution is -0.120. The SMILES string of the molecule is COCCS(=O)(=O)N1CCC(C(=O)Nc2cc(Cl)ccc2Cl)CC1. The first-order valence-corrected chi connectivity index (χ1v) is 9.92. The van der Waals surface area contributed by atoms with Crippen LogP contribution in [0.25, 0.3) is 0 Å². The third-order valence-electron chi connectivity index (χ3n) is 3.95. The largest absolute Gasteiger partial charge is 0.384 e. The number of ether oxygens (including phenoxy) is 1. The highest BCUT2D eigenvalue weighted by Gasteiger charge is 2.31. The average Bonchev–Trinajstić information content (AvgIpc) is 2.56. The fourth-order valence-corrected chi connectivity index (χ4v) is 4.28. The van der Waals surface area contributed by atoms with Gasteiger partial charge in [0.25, 0.3) is 0 Å². The van der Waals surface area contributed by atoms with Gasteiger partial charge in [0, 0.05) is 31.1 Å². The molecule has 134 valence electrons. The number of nitrogens with one attached hydrogen (secondary N) is 1. The van der Waals surface area contributed by atoms with Crippen LogP contribution in [0.3, 0.4) is 0 Å². The number of benzene rings is 1. The fraction of sp³-hybridized carbons (Fsp3) is 0.533. The molecule has 0 atom stereocenters. The van der Waals surface area contributed by atoms with Gasteiger partial charge in [-0.15, -0.1) is 0 Å². The van der Waals surface area contributed by atoms with Crippen molar-refractivity contribution >= 4 is 44.8 Å². The molecule has 1 N–H and O–H groups in total. The maximum Gasteiger partial charge on any atom is 0.227 e. The zero-order valence-electron chi connectivity index (χ0n) is 13.3. The Labute approximate surface area is 152 Å². The third-order valence-corrected chi connectivity index (χ3v) is 6.35. The van der Waals surface area contributed by atoms with Gasteiger partial charge in [0.2, 0.25) is 15.9 Å². The number of piperidine rings is 1. The maximum absolute atomic E-state index is 12.4. The predicted molar refractivity (Wildman–Crippen MR) is 95.1 cm³/mol. The number of methoxy groups -OCH3 is 1. The highest BCUT2D eigenvalue weighted by Crippen LogP contribution is 2.27. The molecule has 0 radical (unpaired) electrons. The van der Waals surface area contributed by atoms with Crippen LogP contribution in [0.4, 0.5) is 5.69 Å². The number of carbonyl (C=O) groups excluding carboxylic acids is 1. The van der Waals surface area contributed by atoms with Gasteiger partial charge in [-0.05, 0) is 31.0 Å². The van der Waals surface area contributed by atoms with E-state index in [4.69, 9.17) is 27.9 Å². The Kier molecular flexibility index (Phi) is 6.88. The zero-order chi connectivity index (χ0) is 17.7. The molecule has 1 fully saturated rings. The van der Waals surface area contributed by atoms with E-state index in [0.717, 1.165) is 0 Å². The Morgan fingerprint density at radius 3 is 2.62 bits per heavy atom. The molecule has 0 saturated carbocycles. The summed E-state index contributed by atoms with van der Waals surface area (Å²) in [5, 5.41) is 3.66. The van der Waals surface area contributed by atoms with Gasteiger partial charge in [0.05, 0.1) is 23.1 Å². The van der Waals surface area contributed by atoms with Crippen LogP contribution in [0.5, 0.6) is 0 Å². The van der Waals surface area contributed by atoms with Crippen molar-refractivity contribution in [3.63, 3.8) is 0 Å². The quantitative estimate of drug-likeness (QED) is 0.804. The van der Waals surface area contributed by atoms with Crippen LogP contribution in [0, 0.1) is 5.92 Å². The second-order valence-electron chi connectivity index (χ2n) is 5.60. The summed E-state index contributed by atoms with van der Waals surface area (Å²) in [6.07, 6.45) is 0.937. The predicted octanol–water partition coefficient (Wildman–Crippen LogP) is 2.62. The van der Waals surface area contributed by atoms with E-state index in [-0.39, 0.29) is 24.2 Å². The van der Waals surface area contributed by atoms with Crippen LogP contribution in [0.2, 0.25) is 10.0 Å². The molecule has 0 aromatic heterocycles. The maximum atomic E-state index is 12.4. The number of sulfonamides is 1. The minimum Gasteiger partial charge on any atom is -0.384 e. The van der Waals surface area contributed by atoms with Crippen LogP contribution in [-0.4, -0.2) is 51.2 Å². The molecule has 0 bridgehead atoms. The summed E-state index contributed by atoms with van der Waals surface area (Å²) >= 11 is 11.9. The van der Waals surface area contributed by atoms with Crippen LogP contribution < -0.4 is 5.32 Å². The lowest BCUT2D eigenvalue weighted by atomic mass is 9.97. The summed E-state index contributed by atoms with van der Waals surface area (Å²) in [5.74, 6) is -0.472. The normalized spacial score (nSPS) is 17.0. The van der Waals surface area contributed by atoms with Gasteiger partial charge in [-0.3, -0.25) is 4.79 Å². The molecular weight excluding hydrogens is 375 g/mol. The van der Waals surface area contributed by atoms with E-state index in [9.17, 15) is 13.2 Å². The van der Waals surface area contributed by atoms with E-state index in [1.165, 1.54) is 11.4 Å². The Hall–Kier alpha value is -0.860. The lowest BCUT2D eigenvalue weighted by Gasteiger charge is -2.30. The molecule has 24 heavy (non-hydrogen) atoms. The Morgan fingerprint density at radius 1 is 1.33 bits per heavy atom. The summed E-state index contributed by atoms with van der Waals surface area (Å²) in [5.41, 5.74) is 0.462. The first-order chi connectivity index (χ1) is 11.3. The van der Waals surface area contributed by atoms with Crippen molar-refractivity contribution in [2.45, 2.75) is 12.8 Å². The van der Waals surface area contributed by atoms with Gasteiger partial charge < -0.3 is 10.1 Å². The molecule has 0 spiro atoms. The van der Waals surface area contributed by atoms with Crippen molar-refractivity contribution in [1.29, 1.82) is 0 Å². The summed E-state index contributed by atoms with van der Waals surface area (Å²) in [4.78, 5) is 12.4. The van der Waals surface area contributed by atoms with Crippen molar-refractivity contribution < 1.29 is 17.9 Å². The molecule has 1 amide bonds. The van der Waals surface area contributed by atoms with Crippen LogP contribution in [0.15, 0.2) is 18.2 Å². The molecular formula is C15H20Cl2N2O4S. The van der Waals surface area contributed by atoms with Gasteiger partial charge >= 0.3 is 0 Å². The number of anilines is 1. The number of hydrogen-bond acceptors (Lipinski definition) is 4. The van der Waals surface area contributed by atoms with Crippen LogP contribution >= 0.6 is 23.2 Å². The van der Waals surface area contributed by atoms with Gasteiger partial charge in [-0.25, -0.2) is 12.7 Å². The van der Waals surface area contributed by atoms with Gasteiger partial charge in [-0.2, -0.15) is 0 Å². The first kappa shape index (κ1) is 19.5. The molecule has 1 aliphatic heterocycles. The number of rotatable bonds is 6. The minimum atomic E-state index is -3.33. The fourth-order valence-electron chi connectivity index (χ4n) is 2.54. The van der Waals surface area contributed by atoms with E-state index in [2.05, 4.69) is 5.32 Å². The van der Waals surface area contributed by atoms with Gasteiger partial charge in [0.1, 0.15) is 0 Å². The molecule has 0 aliphatic carbocycles. The number of carbonyl (C=O) groups is 1. The topological polar surface area (TPSA) is 75.7 Å². The summed E-state index contributed by atoms with van der Waals surface area (Å²) in [6.45, 7) is 0.816. The monoisotopic (exact) mass is 394 g/mol. The van der Waals surface area contributed by atoms with E-state index in [0.29, 0.717) is 41.7 Å². The van der Waals surface area contributed by atoms with E-state index in [1.807, 2.05) is 0 Å². The minimum absolute atomic E-state index is 0.0432. The average molecular weight is 395 g/mol. The highest BCUT2D eigenvalue weighted by molar-refractivity contribution is 7.89. The zero-order valence-corrected chi connectivity index (χ0v) is 15.6. The summed E-state index contributed by atoms with van der Waals surface area (Å²) in [7, 11) is -1.86. The lowest BCUT2D eigenvalue weighted by Crippen LogP contribution is -2.42. The number of amides is 1. The Morgan fingerprint density at radius 2 is 2.00 bits per heavy atom. The van der Waals surface area contributed by atoms with Gasteiger partial charge in [-0.1, -0.05) is 23.2 Å². The van der Waals surface area contributed by atoms with Crippen molar-refractivity contribution in [2.75, 3.05) is 37.9 Å². The molecule has 2 rings (SSSR count). The second-order valence-corrected chi connectivity index (χ2v) is 8.53. The molecule has 1 aliphatic rings. The highest BCUT2D eigenvalue weighted by atomic mass is 35.5. The van der Waals surface area contributed by atoms with Crippen molar-refractivity contribution in [1.82, 2.24) is 4.31 Å². The standard InChI is InChI=1S/C15H20Cl2N2O4S/c1-23-8-9-24(21,22)19-6-4-11(5-7-19)15(20)18-14-10-12(16)2-3-13(14)17/h2-3,10-11H,4-9H2,1H3,(H,18,20).